The number of aliphatic imine (C=N–C) groups is 1. The lowest BCUT2D eigenvalue weighted by atomic mass is 10.3. The zero-order valence-corrected chi connectivity index (χ0v) is 10.4. The minimum Gasteiger partial charge on any atom is -0.467 e. The molecule has 0 atom stereocenters. The lowest BCUT2D eigenvalue weighted by Crippen LogP contribution is -2.38. The van der Waals surface area contributed by atoms with Crippen molar-refractivity contribution in [2.24, 2.45) is 4.99 Å². The van der Waals surface area contributed by atoms with E-state index in [0.29, 0.717) is 6.54 Å². The van der Waals surface area contributed by atoms with E-state index in [1.165, 1.54) is 12.8 Å². The molecule has 0 fully saturated rings. The van der Waals surface area contributed by atoms with Gasteiger partial charge < -0.3 is 14.6 Å². The highest BCUT2D eigenvalue weighted by molar-refractivity contribution is 5.79. The highest BCUT2D eigenvalue weighted by atomic mass is 16.3. The van der Waals surface area contributed by atoms with Crippen molar-refractivity contribution in [3.05, 3.63) is 24.2 Å². The first-order valence-electron chi connectivity index (χ1n) is 5.72. The number of hydrogen-bond acceptors (Lipinski definition) is 2. The predicted octanol–water partition coefficient (Wildman–Crippen LogP) is 2.09. The van der Waals surface area contributed by atoms with Crippen molar-refractivity contribution in [1.29, 1.82) is 0 Å². The van der Waals surface area contributed by atoms with Crippen LogP contribution in [0.15, 0.2) is 27.8 Å². The Kier molecular flexibility index (Phi) is 5.46. The molecule has 90 valence electrons. The molecule has 0 unspecified atom stereocenters. The minimum atomic E-state index is 0.677. The molecule has 0 aromatic carbocycles. The number of unbranched alkanes of at least 4 members (excludes halogenated alkanes) is 1. The third kappa shape index (κ3) is 3.96. The highest BCUT2D eigenvalue weighted by Gasteiger charge is 2.05. The van der Waals surface area contributed by atoms with E-state index in [1.54, 1.807) is 13.3 Å². The summed E-state index contributed by atoms with van der Waals surface area (Å²) in [5.74, 6) is 1.83. The van der Waals surface area contributed by atoms with Gasteiger partial charge in [-0.3, -0.25) is 4.99 Å². The smallest absolute Gasteiger partial charge is 0.193 e. The highest BCUT2D eigenvalue weighted by Crippen LogP contribution is 1.99. The van der Waals surface area contributed by atoms with Crippen molar-refractivity contribution in [3.63, 3.8) is 0 Å². The molecule has 0 aliphatic rings. The monoisotopic (exact) mass is 223 g/mol. The van der Waals surface area contributed by atoms with Gasteiger partial charge in [-0.1, -0.05) is 13.3 Å². The second-order valence-electron chi connectivity index (χ2n) is 3.76. The van der Waals surface area contributed by atoms with Crippen LogP contribution in [0.1, 0.15) is 25.5 Å². The van der Waals surface area contributed by atoms with E-state index in [0.717, 1.165) is 18.3 Å². The second-order valence-corrected chi connectivity index (χ2v) is 3.76. The first-order chi connectivity index (χ1) is 7.77. The molecule has 0 radical (unpaired) electrons. The summed E-state index contributed by atoms with van der Waals surface area (Å²) >= 11 is 0. The SMILES string of the molecule is CCCCN(C)C(=NC)NCc1ccco1. The average molecular weight is 223 g/mol. The summed E-state index contributed by atoms with van der Waals surface area (Å²) in [5.41, 5.74) is 0. The Hall–Kier alpha value is -1.45. The van der Waals surface area contributed by atoms with Crippen molar-refractivity contribution in [2.45, 2.75) is 26.3 Å². The standard InChI is InChI=1S/C12H21N3O/c1-4-5-8-15(3)12(13-2)14-10-11-7-6-9-16-11/h6-7,9H,4-5,8,10H2,1-3H3,(H,13,14). The fourth-order valence-electron chi connectivity index (χ4n) is 1.47. The van der Waals surface area contributed by atoms with Crippen LogP contribution in [-0.2, 0) is 6.54 Å². The molecule has 16 heavy (non-hydrogen) atoms. The molecule has 0 saturated heterocycles. The molecule has 0 aliphatic carbocycles. The number of guanidine groups is 1. The lowest BCUT2D eigenvalue weighted by Gasteiger charge is -2.21. The normalized spacial score (nSPS) is 11.6. The molecule has 0 bridgehead atoms. The van der Waals surface area contributed by atoms with Gasteiger partial charge in [0.1, 0.15) is 5.76 Å². The molecule has 0 amide bonds. The summed E-state index contributed by atoms with van der Waals surface area (Å²) in [6.45, 7) is 3.89. The topological polar surface area (TPSA) is 40.8 Å². The van der Waals surface area contributed by atoms with Crippen molar-refractivity contribution >= 4 is 5.96 Å². The Morgan fingerprint density at radius 3 is 2.94 bits per heavy atom. The molecule has 0 saturated carbocycles. The van der Waals surface area contributed by atoms with Crippen LogP contribution in [0.3, 0.4) is 0 Å². The largest absolute Gasteiger partial charge is 0.467 e. The van der Waals surface area contributed by atoms with E-state index < -0.39 is 0 Å². The summed E-state index contributed by atoms with van der Waals surface area (Å²) in [6.07, 6.45) is 4.05. The van der Waals surface area contributed by atoms with Gasteiger partial charge in [-0.15, -0.1) is 0 Å². The van der Waals surface area contributed by atoms with E-state index >= 15 is 0 Å². The van der Waals surface area contributed by atoms with Crippen LogP contribution in [-0.4, -0.2) is 31.5 Å². The zero-order valence-electron chi connectivity index (χ0n) is 10.4. The van der Waals surface area contributed by atoms with Crippen LogP contribution in [0, 0.1) is 0 Å². The number of hydrogen-bond donors (Lipinski definition) is 1. The quantitative estimate of drug-likeness (QED) is 0.614. The Balaban J connectivity index is 2.37. The van der Waals surface area contributed by atoms with Crippen LogP contribution in [0.2, 0.25) is 0 Å². The maximum absolute atomic E-state index is 5.25. The van der Waals surface area contributed by atoms with E-state index in [4.69, 9.17) is 4.42 Å². The fraction of sp³-hybridized carbons (Fsp3) is 0.583. The first-order valence-corrected chi connectivity index (χ1v) is 5.72. The molecule has 0 aliphatic heterocycles. The maximum atomic E-state index is 5.25. The summed E-state index contributed by atoms with van der Waals surface area (Å²) in [4.78, 5) is 6.36. The summed E-state index contributed by atoms with van der Waals surface area (Å²) < 4.78 is 5.25. The van der Waals surface area contributed by atoms with Gasteiger partial charge in [0, 0.05) is 20.6 Å². The first kappa shape index (κ1) is 12.6. The molecule has 1 aromatic rings. The molecular formula is C12H21N3O. The van der Waals surface area contributed by atoms with E-state index in [9.17, 15) is 0 Å². The van der Waals surface area contributed by atoms with Crippen molar-refractivity contribution in [3.8, 4) is 0 Å². The van der Waals surface area contributed by atoms with Crippen molar-refractivity contribution in [2.75, 3.05) is 20.6 Å². The van der Waals surface area contributed by atoms with E-state index in [2.05, 4.69) is 22.1 Å². The van der Waals surface area contributed by atoms with Gasteiger partial charge in [0.25, 0.3) is 0 Å². The zero-order chi connectivity index (χ0) is 11.8. The minimum absolute atomic E-state index is 0.677. The van der Waals surface area contributed by atoms with E-state index in [-0.39, 0.29) is 0 Å². The fourth-order valence-corrected chi connectivity index (χ4v) is 1.47. The van der Waals surface area contributed by atoms with Crippen molar-refractivity contribution in [1.82, 2.24) is 10.2 Å². The predicted molar refractivity (Wildman–Crippen MR) is 66.4 cm³/mol. The van der Waals surface area contributed by atoms with Gasteiger partial charge >= 0.3 is 0 Å². The van der Waals surface area contributed by atoms with E-state index in [1.807, 2.05) is 19.2 Å². The molecule has 1 N–H and O–H groups in total. The second kappa shape index (κ2) is 6.93. The van der Waals surface area contributed by atoms with Crippen LogP contribution in [0.25, 0.3) is 0 Å². The number of nitrogens with zero attached hydrogens (tertiary/aromatic N) is 2. The third-order valence-corrected chi connectivity index (χ3v) is 2.42. The van der Waals surface area contributed by atoms with Crippen LogP contribution in [0.5, 0.6) is 0 Å². The molecule has 1 aromatic heterocycles. The van der Waals surface area contributed by atoms with Gasteiger partial charge in [-0.05, 0) is 18.6 Å². The van der Waals surface area contributed by atoms with Crippen LogP contribution >= 0.6 is 0 Å². The summed E-state index contributed by atoms with van der Waals surface area (Å²) in [6, 6.07) is 3.84. The number of furan rings is 1. The Morgan fingerprint density at radius 2 is 2.38 bits per heavy atom. The molecule has 4 heteroatoms. The van der Waals surface area contributed by atoms with Gasteiger partial charge in [0.15, 0.2) is 5.96 Å². The number of nitrogens with one attached hydrogen (secondary N) is 1. The van der Waals surface area contributed by atoms with Gasteiger partial charge in [0.2, 0.25) is 0 Å². The Morgan fingerprint density at radius 1 is 1.56 bits per heavy atom. The molecule has 1 heterocycles. The summed E-state index contributed by atoms with van der Waals surface area (Å²) in [7, 11) is 3.85. The van der Waals surface area contributed by atoms with Crippen molar-refractivity contribution < 1.29 is 4.42 Å². The molecule has 0 spiro atoms. The molecule has 4 nitrogen and oxygen atoms in total. The number of rotatable bonds is 5. The molecule has 1 rings (SSSR count). The maximum Gasteiger partial charge on any atom is 0.193 e. The Labute approximate surface area is 97.4 Å². The van der Waals surface area contributed by atoms with Crippen LogP contribution in [0.4, 0.5) is 0 Å². The van der Waals surface area contributed by atoms with Gasteiger partial charge in [-0.2, -0.15) is 0 Å². The lowest BCUT2D eigenvalue weighted by molar-refractivity contribution is 0.452. The summed E-state index contributed by atoms with van der Waals surface area (Å²) in [5, 5.41) is 3.26. The van der Waals surface area contributed by atoms with Gasteiger partial charge in [-0.25, -0.2) is 0 Å². The average Bonchev–Trinajstić information content (AvgIpc) is 2.80. The third-order valence-electron chi connectivity index (χ3n) is 2.42. The molecular weight excluding hydrogens is 202 g/mol. The Bertz CT molecular complexity index is 306. The van der Waals surface area contributed by atoms with Crippen LogP contribution < -0.4 is 5.32 Å². The van der Waals surface area contributed by atoms with Gasteiger partial charge in [0.05, 0.1) is 12.8 Å².